The van der Waals surface area contributed by atoms with Crippen LogP contribution < -0.4 is 0 Å². The summed E-state index contributed by atoms with van der Waals surface area (Å²) in [6.07, 6.45) is 3.34. The van der Waals surface area contributed by atoms with Crippen molar-refractivity contribution in [3.05, 3.63) is 11.5 Å². The van der Waals surface area contributed by atoms with E-state index in [0.717, 1.165) is 11.9 Å². The fraction of sp³-hybridized carbons (Fsp3) is 0.800. The zero-order chi connectivity index (χ0) is 15.3. The molecule has 112 valence electrons. The van der Waals surface area contributed by atoms with Gasteiger partial charge in [-0.3, -0.25) is 4.79 Å². The van der Waals surface area contributed by atoms with Crippen LogP contribution in [0.1, 0.15) is 54.4 Å². The molecule has 2 aliphatic rings. The smallest absolute Gasteiger partial charge is 0.481 e. The van der Waals surface area contributed by atoms with Crippen LogP contribution in [0.4, 0.5) is 0 Å². The summed E-state index contributed by atoms with van der Waals surface area (Å²) < 4.78 is 12.0. The van der Waals surface area contributed by atoms with Gasteiger partial charge in [-0.2, -0.15) is 0 Å². The largest absolute Gasteiger partial charge is 0.490 e. The standard InChI is InChI=1S/C15H25BO4/c1-13(2)8-7-10(9-11(13)12(17)18)16-19-14(3,4)15(5,6)20-16/h7,11H,8-9H2,1-6H3,(H,17,18)/t11-/m1/s1. The van der Waals surface area contributed by atoms with Crippen molar-refractivity contribution in [2.24, 2.45) is 11.3 Å². The summed E-state index contributed by atoms with van der Waals surface area (Å²) in [6.45, 7) is 12.0. The molecule has 0 aromatic carbocycles. The summed E-state index contributed by atoms with van der Waals surface area (Å²) >= 11 is 0. The van der Waals surface area contributed by atoms with Crippen LogP contribution in [0.2, 0.25) is 0 Å². The lowest BCUT2D eigenvalue weighted by Gasteiger charge is -2.35. The average molecular weight is 280 g/mol. The number of carbonyl (C=O) groups is 1. The Morgan fingerprint density at radius 3 is 2.15 bits per heavy atom. The fourth-order valence-electron chi connectivity index (χ4n) is 2.74. The molecule has 0 amide bonds. The quantitative estimate of drug-likeness (QED) is 0.790. The third kappa shape index (κ3) is 2.53. The van der Waals surface area contributed by atoms with Crippen molar-refractivity contribution in [2.75, 3.05) is 0 Å². The van der Waals surface area contributed by atoms with Crippen molar-refractivity contribution in [1.29, 1.82) is 0 Å². The van der Waals surface area contributed by atoms with E-state index in [1.165, 1.54) is 0 Å². The first-order valence-corrected chi connectivity index (χ1v) is 7.24. The molecule has 1 heterocycles. The van der Waals surface area contributed by atoms with Gasteiger partial charge in [0.2, 0.25) is 0 Å². The second kappa shape index (κ2) is 4.60. The third-order valence-corrected chi connectivity index (χ3v) is 5.13. The first-order chi connectivity index (χ1) is 8.96. The van der Waals surface area contributed by atoms with Crippen LogP contribution in [0.3, 0.4) is 0 Å². The molecule has 4 nitrogen and oxygen atoms in total. The molecule has 0 spiro atoms. The summed E-state index contributed by atoms with van der Waals surface area (Å²) in [5.74, 6) is -1.13. The molecule has 20 heavy (non-hydrogen) atoms. The minimum absolute atomic E-state index is 0.223. The Bertz CT molecular complexity index is 435. The average Bonchev–Trinajstić information content (AvgIpc) is 2.47. The van der Waals surface area contributed by atoms with Crippen LogP contribution >= 0.6 is 0 Å². The van der Waals surface area contributed by atoms with E-state index < -0.39 is 13.1 Å². The van der Waals surface area contributed by atoms with E-state index in [1.54, 1.807) is 0 Å². The van der Waals surface area contributed by atoms with Crippen LogP contribution in [-0.2, 0) is 14.1 Å². The Labute approximate surface area is 121 Å². The highest BCUT2D eigenvalue weighted by Gasteiger charge is 2.53. The first kappa shape index (κ1) is 15.6. The SMILES string of the molecule is CC1(C)CC=C(B2OC(C)(C)C(C)(C)O2)C[C@@H]1C(=O)O. The predicted octanol–water partition coefficient (Wildman–Crippen LogP) is 3.07. The maximum atomic E-state index is 11.5. The number of hydrogen-bond acceptors (Lipinski definition) is 3. The van der Waals surface area contributed by atoms with Crippen molar-refractivity contribution in [1.82, 2.24) is 0 Å². The minimum atomic E-state index is -0.739. The molecule has 1 fully saturated rings. The van der Waals surface area contributed by atoms with E-state index in [1.807, 2.05) is 41.5 Å². The maximum absolute atomic E-state index is 11.5. The van der Waals surface area contributed by atoms with Crippen LogP contribution in [0.15, 0.2) is 11.5 Å². The maximum Gasteiger partial charge on any atom is 0.490 e. The van der Waals surface area contributed by atoms with Crippen LogP contribution in [0.25, 0.3) is 0 Å². The number of carboxylic acid groups (broad SMARTS) is 1. The number of aliphatic carboxylic acids is 1. The molecule has 0 aromatic rings. The van der Waals surface area contributed by atoms with Crippen molar-refractivity contribution in [2.45, 2.75) is 65.6 Å². The summed E-state index contributed by atoms with van der Waals surface area (Å²) in [7, 11) is -0.419. The van der Waals surface area contributed by atoms with E-state index in [4.69, 9.17) is 9.31 Å². The molecule has 0 radical (unpaired) electrons. The number of hydrogen-bond donors (Lipinski definition) is 1. The molecule has 1 atom stereocenters. The van der Waals surface area contributed by atoms with E-state index in [0.29, 0.717) is 6.42 Å². The normalized spacial score (nSPS) is 31.0. The zero-order valence-electron chi connectivity index (χ0n) is 13.3. The summed E-state index contributed by atoms with van der Waals surface area (Å²) in [5, 5.41) is 9.43. The van der Waals surface area contributed by atoms with E-state index in [9.17, 15) is 9.90 Å². The number of allylic oxidation sites excluding steroid dienone is 2. The molecular formula is C15H25BO4. The van der Waals surface area contributed by atoms with E-state index in [-0.39, 0.29) is 22.5 Å². The molecule has 0 unspecified atom stereocenters. The Morgan fingerprint density at radius 1 is 1.20 bits per heavy atom. The highest BCUT2D eigenvalue weighted by Crippen LogP contribution is 2.45. The molecular weight excluding hydrogens is 255 g/mol. The molecule has 2 rings (SSSR count). The lowest BCUT2D eigenvalue weighted by molar-refractivity contribution is -0.146. The summed E-state index contributed by atoms with van der Waals surface area (Å²) in [5.41, 5.74) is -0.0248. The number of carboxylic acids is 1. The minimum Gasteiger partial charge on any atom is -0.481 e. The van der Waals surface area contributed by atoms with Crippen molar-refractivity contribution in [3.63, 3.8) is 0 Å². The van der Waals surface area contributed by atoms with Crippen molar-refractivity contribution >= 4 is 13.1 Å². The van der Waals surface area contributed by atoms with Crippen LogP contribution in [0, 0.1) is 11.3 Å². The zero-order valence-corrected chi connectivity index (χ0v) is 13.3. The van der Waals surface area contributed by atoms with Gasteiger partial charge >= 0.3 is 13.1 Å². The van der Waals surface area contributed by atoms with Gasteiger partial charge in [0.15, 0.2) is 0 Å². The topological polar surface area (TPSA) is 55.8 Å². The molecule has 0 saturated carbocycles. The molecule has 0 bridgehead atoms. The lowest BCUT2D eigenvalue weighted by Crippen LogP contribution is -2.41. The highest BCUT2D eigenvalue weighted by molar-refractivity contribution is 6.54. The van der Waals surface area contributed by atoms with Gasteiger partial charge in [-0.25, -0.2) is 0 Å². The van der Waals surface area contributed by atoms with Crippen molar-refractivity contribution < 1.29 is 19.2 Å². The lowest BCUT2D eigenvalue weighted by atomic mass is 9.62. The van der Waals surface area contributed by atoms with Gasteiger partial charge in [-0.1, -0.05) is 19.9 Å². The number of rotatable bonds is 2. The molecule has 1 N–H and O–H groups in total. The van der Waals surface area contributed by atoms with Gasteiger partial charge in [0.25, 0.3) is 0 Å². The Kier molecular flexibility index (Phi) is 3.58. The molecule has 1 aliphatic carbocycles. The Hall–Kier alpha value is -0.805. The van der Waals surface area contributed by atoms with Gasteiger partial charge < -0.3 is 14.4 Å². The predicted molar refractivity (Wildman–Crippen MR) is 78.3 cm³/mol. The van der Waals surface area contributed by atoms with Crippen LogP contribution in [-0.4, -0.2) is 29.4 Å². The second-order valence-corrected chi connectivity index (χ2v) is 7.65. The first-order valence-electron chi connectivity index (χ1n) is 7.24. The van der Waals surface area contributed by atoms with Gasteiger partial charge in [-0.15, -0.1) is 0 Å². The highest BCUT2D eigenvalue weighted by atomic mass is 16.7. The van der Waals surface area contributed by atoms with Gasteiger partial charge in [-0.05, 0) is 51.4 Å². The fourth-order valence-corrected chi connectivity index (χ4v) is 2.74. The second-order valence-electron chi connectivity index (χ2n) is 7.65. The Morgan fingerprint density at radius 2 is 1.70 bits per heavy atom. The summed E-state index contributed by atoms with van der Waals surface area (Å²) in [6, 6.07) is 0. The molecule has 5 heteroatoms. The Balaban J connectivity index is 2.20. The monoisotopic (exact) mass is 280 g/mol. The third-order valence-electron chi connectivity index (χ3n) is 5.13. The van der Waals surface area contributed by atoms with E-state index in [2.05, 4.69) is 6.08 Å². The molecule has 1 saturated heterocycles. The van der Waals surface area contributed by atoms with Crippen LogP contribution in [0.5, 0.6) is 0 Å². The molecule has 0 aromatic heterocycles. The molecule has 1 aliphatic heterocycles. The summed E-state index contributed by atoms with van der Waals surface area (Å²) in [4.78, 5) is 11.5. The van der Waals surface area contributed by atoms with Gasteiger partial charge in [0.05, 0.1) is 17.1 Å². The van der Waals surface area contributed by atoms with Gasteiger partial charge in [0.1, 0.15) is 0 Å². The van der Waals surface area contributed by atoms with E-state index >= 15 is 0 Å². The van der Waals surface area contributed by atoms with Gasteiger partial charge in [0, 0.05) is 0 Å². The van der Waals surface area contributed by atoms with Crippen molar-refractivity contribution in [3.8, 4) is 0 Å².